The largest absolute Gasteiger partial charge is 1.00 e. The normalized spacial score (nSPS) is 10.6. The second-order valence-corrected chi connectivity index (χ2v) is 4.69. The Balaban J connectivity index is 0.00000128. The molecule has 0 heterocycles. The molecule has 2 aromatic rings. The van der Waals surface area contributed by atoms with E-state index in [0.717, 1.165) is 11.1 Å². The van der Waals surface area contributed by atoms with E-state index >= 15 is 0 Å². The number of hydrogen-bond acceptors (Lipinski definition) is 1. The minimum Gasteiger partial charge on any atom is -0.862 e. The van der Waals surface area contributed by atoms with Crippen LogP contribution in [0.5, 0.6) is 0 Å². The molecular weight excluding hydrogens is 207 g/mol. The molecular formula is C13H13LiOSi. The molecule has 0 unspecified atom stereocenters. The van der Waals surface area contributed by atoms with E-state index in [-0.39, 0.29) is 24.4 Å². The van der Waals surface area contributed by atoms with Gasteiger partial charge in [-0.1, -0.05) is 70.4 Å². The van der Waals surface area contributed by atoms with Crippen LogP contribution in [0.2, 0.25) is 0 Å². The van der Waals surface area contributed by atoms with Crippen LogP contribution >= 0.6 is 0 Å². The van der Waals surface area contributed by atoms with Gasteiger partial charge in [0.2, 0.25) is 0 Å². The molecule has 0 aliphatic heterocycles. The van der Waals surface area contributed by atoms with E-state index < -0.39 is 9.76 Å². The smallest absolute Gasteiger partial charge is 0.862 e. The van der Waals surface area contributed by atoms with Gasteiger partial charge in [-0.05, 0) is 16.7 Å². The molecule has 16 heavy (non-hydrogen) atoms. The molecule has 0 aromatic heterocycles. The first-order valence-electron chi connectivity index (χ1n) is 5.10. The molecule has 0 N–H and O–H groups in total. The fourth-order valence-corrected chi connectivity index (χ4v) is 2.68. The molecule has 0 saturated carbocycles. The van der Waals surface area contributed by atoms with Gasteiger partial charge >= 0.3 is 18.9 Å². The molecule has 2 aromatic carbocycles. The molecule has 0 bridgehead atoms. The van der Waals surface area contributed by atoms with Crippen molar-refractivity contribution in [3.8, 4) is 0 Å². The molecule has 0 aliphatic carbocycles. The molecule has 0 saturated heterocycles. The van der Waals surface area contributed by atoms with Gasteiger partial charge in [0.05, 0.1) is 0 Å². The van der Waals surface area contributed by atoms with Crippen LogP contribution in [0.25, 0.3) is 0 Å². The van der Waals surface area contributed by atoms with E-state index in [1.165, 1.54) is 0 Å². The van der Waals surface area contributed by atoms with E-state index in [2.05, 4.69) is 0 Å². The van der Waals surface area contributed by atoms with Gasteiger partial charge in [-0.3, -0.25) is 0 Å². The standard InChI is InChI=1S/C13H13OSi.Li/c14-15-13(11-7-3-1-4-8-11)12-9-5-2-6-10-12;/h1-10,13H,15H2;/q-1;+1. The van der Waals surface area contributed by atoms with Crippen molar-refractivity contribution in [3.05, 3.63) is 71.8 Å². The van der Waals surface area contributed by atoms with E-state index in [0.29, 0.717) is 0 Å². The molecule has 0 amide bonds. The summed E-state index contributed by atoms with van der Waals surface area (Å²) in [5.41, 5.74) is 2.43. The molecule has 0 atom stereocenters. The zero-order chi connectivity index (χ0) is 10.5. The fraction of sp³-hybridized carbons (Fsp3) is 0.0769. The second-order valence-electron chi connectivity index (χ2n) is 3.54. The third-order valence-electron chi connectivity index (χ3n) is 2.57. The first kappa shape index (κ1) is 13.3. The minimum atomic E-state index is -1.32. The zero-order valence-electron chi connectivity index (χ0n) is 9.47. The van der Waals surface area contributed by atoms with Crippen LogP contribution in [0.1, 0.15) is 16.7 Å². The Hall–Kier alpha value is -0.786. The molecule has 0 aliphatic rings. The molecule has 1 nitrogen and oxygen atoms in total. The fourth-order valence-electron chi connectivity index (χ4n) is 1.76. The summed E-state index contributed by atoms with van der Waals surface area (Å²) in [5, 5.41) is 0. The van der Waals surface area contributed by atoms with E-state index in [1.54, 1.807) is 0 Å². The first-order valence-corrected chi connectivity index (χ1v) is 6.49. The van der Waals surface area contributed by atoms with Crippen molar-refractivity contribution in [3.63, 3.8) is 0 Å². The van der Waals surface area contributed by atoms with Crippen LogP contribution in [0.15, 0.2) is 60.7 Å². The molecule has 0 fully saturated rings. The predicted molar refractivity (Wildman–Crippen MR) is 63.3 cm³/mol. The Labute approximate surface area is 111 Å². The van der Waals surface area contributed by atoms with E-state index in [4.69, 9.17) is 0 Å². The summed E-state index contributed by atoms with van der Waals surface area (Å²) in [5.74, 6) is 0. The summed E-state index contributed by atoms with van der Waals surface area (Å²) in [6, 6.07) is 20.1. The average molecular weight is 220 g/mol. The Morgan fingerprint density at radius 1 is 0.750 bits per heavy atom. The van der Waals surface area contributed by atoms with Crippen LogP contribution in [-0.4, -0.2) is 9.76 Å². The van der Waals surface area contributed by atoms with E-state index in [1.807, 2.05) is 60.7 Å². The molecule has 3 heteroatoms. The van der Waals surface area contributed by atoms with Crippen molar-refractivity contribution in [2.24, 2.45) is 0 Å². The Bertz CT molecular complexity index is 365. The second kappa shape index (κ2) is 6.72. The Morgan fingerprint density at radius 3 is 1.44 bits per heavy atom. The van der Waals surface area contributed by atoms with Gasteiger partial charge in [-0.25, -0.2) is 0 Å². The van der Waals surface area contributed by atoms with Gasteiger partial charge in [0.25, 0.3) is 0 Å². The number of benzene rings is 2. The third-order valence-corrected chi connectivity index (χ3v) is 3.85. The van der Waals surface area contributed by atoms with Gasteiger partial charge in [0, 0.05) is 0 Å². The molecule has 2 rings (SSSR count). The summed E-state index contributed by atoms with van der Waals surface area (Å²) in [4.78, 5) is 11.4. The van der Waals surface area contributed by atoms with Crippen LogP contribution in [0, 0.1) is 0 Å². The quantitative estimate of drug-likeness (QED) is 0.561. The summed E-state index contributed by atoms with van der Waals surface area (Å²) in [6.45, 7) is 0. The van der Waals surface area contributed by atoms with Crippen molar-refractivity contribution >= 4 is 9.76 Å². The topological polar surface area (TPSA) is 23.1 Å². The van der Waals surface area contributed by atoms with Gasteiger partial charge in [-0.2, -0.15) is 0 Å². The van der Waals surface area contributed by atoms with Crippen LogP contribution in [0.3, 0.4) is 0 Å². The summed E-state index contributed by atoms with van der Waals surface area (Å²) >= 11 is 0. The SMILES string of the molecule is [Li+].[O-][SiH2]C(c1ccccc1)c1ccccc1. The van der Waals surface area contributed by atoms with Crippen LogP contribution in [-0.2, 0) is 0 Å². The van der Waals surface area contributed by atoms with Crippen molar-refractivity contribution in [2.75, 3.05) is 0 Å². The summed E-state index contributed by atoms with van der Waals surface area (Å²) < 4.78 is 0. The zero-order valence-corrected chi connectivity index (χ0v) is 10.9. The third kappa shape index (κ3) is 3.10. The van der Waals surface area contributed by atoms with Crippen LogP contribution < -0.4 is 23.7 Å². The van der Waals surface area contributed by atoms with Crippen molar-refractivity contribution in [1.29, 1.82) is 0 Å². The Kier molecular flexibility index (Phi) is 5.58. The summed E-state index contributed by atoms with van der Waals surface area (Å²) in [6.07, 6.45) is 0. The van der Waals surface area contributed by atoms with Gasteiger partial charge in [0.15, 0.2) is 0 Å². The van der Waals surface area contributed by atoms with Crippen molar-refractivity contribution in [2.45, 2.75) is 5.54 Å². The number of hydrogen-bond donors (Lipinski definition) is 0. The van der Waals surface area contributed by atoms with Gasteiger partial charge in [0.1, 0.15) is 0 Å². The maximum absolute atomic E-state index is 11.4. The van der Waals surface area contributed by atoms with Gasteiger partial charge < -0.3 is 4.80 Å². The molecule has 0 spiro atoms. The van der Waals surface area contributed by atoms with Gasteiger partial charge in [-0.15, -0.1) is 0 Å². The average Bonchev–Trinajstić information content (AvgIpc) is 2.33. The monoisotopic (exact) mass is 220 g/mol. The van der Waals surface area contributed by atoms with Crippen molar-refractivity contribution < 1.29 is 23.7 Å². The van der Waals surface area contributed by atoms with Crippen molar-refractivity contribution in [1.82, 2.24) is 0 Å². The maximum atomic E-state index is 11.4. The molecule has 0 radical (unpaired) electrons. The van der Waals surface area contributed by atoms with E-state index in [9.17, 15) is 4.80 Å². The van der Waals surface area contributed by atoms with Crippen LogP contribution in [0.4, 0.5) is 0 Å². The minimum absolute atomic E-state index is 0. The molecule has 76 valence electrons. The maximum Gasteiger partial charge on any atom is 1.00 e. The first-order chi connectivity index (χ1) is 7.42. The number of rotatable bonds is 3. The Morgan fingerprint density at radius 2 is 1.12 bits per heavy atom. The summed E-state index contributed by atoms with van der Waals surface area (Å²) in [7, 11) is -1.32. The predicted octanol–water partition coefficient (Wildman–Crippen LogP) is -1.78.